The fourth-order valence-corrected chi connectivity index (χ4v) is 2.50. The molecule has 130 valence electrons. The molecule has 2 aromatic carbocycles. The van der Waals surface area contributed by atoms with Crippen molar-refractivity contribution >= 4 is 40.8 Å². The van der Waals surface area contributed by atoms with Gasteiger partial charge in [-0.1, -0.05) is 35.3 Å². The summed E-state index contributed by atoms with van der Waals surface area (Å²) in [6.45, 7) is 0. The van der Waals surface area contributed by atoms with E-state index in [4.69, 9.17) is 28.3 Å². The molecule has 2 rings (SSSR count). The van der Waals surface area contributed by atoms with Crippen LogP contribution in [0.5, 0.6) is 0 Å². The lowest BCUT2D eigenvalue weighted by molar-refractivity contribution is -0.385. The van der Waals surface area contributed by atoms with Gasteiger partial charge in [0.1, 0.15) is 5.56 Å². The lowest BCUT2D eigenvalue weighted by Gasteiger charge is -2.17. The van der Waals surface area contributed by atoms with Crippen LogP contribution in [-0.4, -0.2) is 21.9 Å². The number of nitrogens with zero attached hydrogens (tertiary/aromatic N) is 1. The van der Waals surface area contributed by atoms with E-state index >= 15 is 0 Å². The van der Waals surface area contributed by atoms with Crippen LogP contribution in [0.4, 0.5) is 5.69 Å². The number of hydrogen-bond donors (Lipinski definition) is 2. The van der Waals surface area contributed by atoms with Crippen LogP contribution in [0, 0.1) is 10.1 Å². The smallest absolute Gasteiger partial charge is 0.305 e. The Balaban J connectivity index is 2.32. The Bertz CT molecular complexity index is 824. The molecule has 0 aliphatic rings. The average molecular weight is 383 g/mol. The number of carbonyl (C=O) groups excluding carboxylic acids is 1. The molecule has 0 saturated carbocycles. The molecule has 0 bridgehead atoms. The first-order valence-corrected chi connectivity index (χ1v) is 7.75. The largest absolute Gasteiger partial charge is 0.481 e. The van der Waals surface area contributed by atoms with Crippen LogP contribution in [0.15, 0.2) is 42.5 Å². The van der Waals surface area contributed by atoms with E-state index in [1.165, 1.54) is 12.1 Å². The van der Waals surface area contributed by atoms with Crippen LogP contribution in [0.2, 0.25) is 10.0 Å². The first kappa shape index (κ1) is 18.7. The molecule has 0 aliphatic heterocycles. The Morgan fingerprint density at radius 3 is 2.28 bits per heavy atom. The first-order valence-electron chi connectivity index (χ1n) is 7.00. The molecule has 2 N–H and O–H groups in total. The van der Waals surface area contributed by atoms with Crippen LogP contribution in [-0.2, 0) is 4.79 Å². The minimum atomic E-state index is -1.13. The Hall–Kier alpha value is -2.64. The fraction of sp³-hybridized carbons (Fsp3) is 0.125. The number of aliphatic carboxylic acids is 1. The molecule has 0 aliphatic carbocycles. The number of nitro benzene ring substituents is 1. The molecule has 1 amide bonds. The van der Waals surface area contributed by atoms with E-state index in [1.807, 2.05) is 0 Å². The molecular formula is C16H12Cl2N2O5. The van der Waals surface area contributed by atoms with Gasteiger partial charge < -0.3 is 10.4 Å². The second-order valence-corrected chi connectivity index (χ2v) is 5.97. The third kappa shape index (κ3) is 4.91. The van der Waals surface area contributed by atoms with Crippen molar-refractivity contribution in [3.8, 4) is 0 Å². The van der Waals surface area contributed by atoms with Crippen LogP contribution in [0.3, 0.4) is 0 Å². The van der Waals surface area contributed by atoms with Gasteiger partial charge >= 0.3 is 5.97 Å². The van der Waals surface area contributed by atoms with Crippen molar-refractivity contribution < 1.29 is 19.6 Å². The van der Waals surface area contributed by atoms with E-state index in [-0.39, 0.29) is 10.6 Å². The van der Waals surface area contributed by atoms with Gasteiger partial charge in [-0.15, -0.1) is 0 Å². The molecule has 0 unspecified atom stereocenters. The van der Waals surface area contributed by atoms with Gasteiger partial charge in [-0.25, -0.2) is 0 Å². The van der Waals surface area contributed by atoms with Crippen molar-refractivity contribution in [3.05, 3.63) is 73.8 Å². The van der Waals surface area contributed by atoms with Crippen LogP contribution in [0.25, 0.3) is 0 Å². The summed E-state index contributed by atoms with van der Waals surface area (Å²) in [5.41, 5.74) is -0.161. The first-order chi connectivity index (χ1) is 11.8. The van der Waals surface area contributed by atoms with E-state index in [1.54, 1.807) is 24.3 Å². The van der Waals surface area contributed by atoms with E-state index in [0.717, 1.165) is 6.07 Å². The number of amides is 1. The number of rotatable bonds is 6. The molecule has 0 fully saturated rings. The number of hydrogen-bond acceptors (Lipinski definition) is 4. The molecule has 2 aromatic rings. The van der Waals surface area contributed by atoms with Crippen LogP contribution < -0.4 is 5.32 Å². The zero-order chi connectivity index (χ0) is 18.6. The number of carbonyl (C=O) groups is 2. The molecule has 0 heterocycles. The Labute approximate surface area is 152 Å². The van der Waals surface area contributed by atoms with Crippen molar-refractivity contribution in [3.63, 3.8) is 0 Å². The van der Waals surface area contributed by atoms with E-state index in [2.05, 4.69) is 5.32 Å². The van der Waals surface area contributed by atoms with E-state index in [0.29, 0.717) is 10.6 Å². The number of nitrogens with one attached hydrogen (secondary N) is 1. The van der Waals surface area contributed by atoms with Gasteiger partial charge in [0, 0.05) is 16.1 Å². The quantitative estimate of drug-likeness (QED) is 0.582. The number of benzene rings is 2. The number of halogens is 2. The Morgan fingerprint density at radius 1 is 1.12 bits per heavy atom. The molecule has 25 heavy (non-hydrogen) atoms. The highest BCUT2D eigenvalue weighted by Gasteiger charge is 2.24. The highest BCUT2D eigenvalue weighted by molar-refractivity contribution is 6.31. The number of nitro groups is 1. The Morgan fingerprint density at radius 2 is 1.72 bits per heavy atom. The maximum atomic E-state index is 12.4. The maximum absolute atomic E-state index is 12.4. The van der Waals surface area contributed by atoms with Gasteiger partial charge in [0.05, 0.1) is 17.4 Å². The van der Waals surface area contributed by atoms with Gasteiger partial charge in [0.15, 0.2) is 0 Å². The van der Waals surface area contributed by atoms with Gasteiger partial charge in [-0.2, -0.15) is 0 Å². The monoisotopic (exact) mass is 382 g/mol. The fourth-order valence-electron chi connectivity index (χ4n) is 2.21. The van der Waals surface area contributed by atoms with Gasteiger partial charge in [-0.3, -0.25) is 19.7 Å². The summed E-state index contributed by atoms with van der Waals surface area (Å²) in [5, 5.41) is 23.2. The topological polar surface area (TPSA) is 110 Å². The van der Waals surface area contributed by atoms with Gasteiger partial charge in [0.25, 0.3) is 11.6 Å². The van der Waals surface area contributed by atoms with Crippen molar-refractivity contribution in [1.82, 2.24) is 5.32 Å². The zero-order valence-corrected chi connectivity index (χ0v) is 14.1. The van der Waals surface area contributed by atoms with E-state index < -0.39 is 34.9 Å². The molecule has 0 aromatic heterocycles. The molecule has 0 saturated heterocycles. The predicted molar refractivity (Wildman–Crippen MR) is 92.0 cm³/mol. The van der Waals surface area contributed by atoms with Crippen molar-refractivity contribution in [2.24, 2.45) is 0 Å². The molecule has 1 atom stereocenters. The summed E-state index contributed by atoms with van der Waals surface area (Å²) in [6.07, 6.45) is -0.394. The molecule has 7 nitrogen and oxygen atoms in total. The van der Waals surface area contributed by atoms with Crippen LogP contribution in [0.1, 0.15) is 28.4 Å². The second-order valence-electron chi connectivity index (χ2n) is 5.09. The highest BCUT2D eigenvalue weighted by atomic mass is 35.5. The molecule has 0 spiro atoms. The standard InChI is InChI=1S/C16H12Cl2N2O5/c17-10-3-1-9(2-4-10)13(8-15(21)22)19-16(23)12-6-5-11(18)7-14(12)20(24)25/h1-7,13H,8H2,(H,19,23)(H,21,22)/t13-/m1/s1. The number of carboxylic acids is 1. The summed E-state index contributed by atoms with van der Waals surface area (Å²) in [5.74, 6) is -1.91. The zero-order valence-electron chi connectivity index (χ0n) is 12.6. The summed E-state index contributed by atoms with van der Waals surface area (Å²) in [4.78, 5) is 33.9. The molecular weight excluding hydrogens is 371 g/mol. The van der Waals surface area contributed by atoms with Gasteiger partial charge in [-0.05, 0) is 29.8 Å². The SMILES string of the molecule is O=C(O)C[C@@H](NC(=O)c1ccc(Cl)cc1[N+](=O)[O-])c1ccc(Cl)cc1. The predicted octanol–water partition coefficient (Wildman–Crippen LogP) is 3.85. The number of carboxylic acid groups (broad SMARTS) is 1. The van der Waals surface area contributed by atoms with Crippen LogP contribution >= 0.6 is 23.2 Å². The third-order valence-corrected chi connectivity index (χ3v) is 3.84. The minimum Gasteiger partial charge on any atom is -0.481 e. The maximum Gasteiger partial charge on any atom is 0.305 e. The van der Waals surface area contributed by atoms with E-state index in [9.17, 15) is 19.7 Å². The lowest BCUT2D eigenvalue weighted by Crippen LogP contribution is -2.30. The third-order valence-electron chi connectivity index (χ3n) is 3.36. The summed E-state index contributed by atoms with van der Waals surface area (Å²) in [6, 6.07) is 9.01. The summed E-state index contributed by atoms with van der Waals surface area (Å²) < 4.78 is 0. The summed E-state index contributed by atoms with van der Waals surface area (Å²) >= 11 is 11.5. The molecule has 0 radical (unpaired) electrons. The van der Waals surface area contributed by atoms with Crippen molar-refractivity contribution in [1.29, 1.82) is 0 Å². The second kappa shape index (κ2) is 7.96. The lowest BCUT2D eigenvalue weighted by atomic mass is 10.0. The average Bonchev–Trinajstić information content (AvgIpc) is 2.54. The molecule has 9 heteroatoms. The highest BCUT2D eigenvalue weighted by Crippen LogP contribution is 2.25. The van der Waals surface area contributed by atoms with Crippen molar-refractivity contribution in [2.45, 2.75) is 12.5 Å². The van der Waals surface area contributed by atoms with Gasteiger partial charge in [0.2, 0.25) is 0 Å². The Kier molecular flexibility index (Phi) is 5.95. The minimum absolute atomic E-state index is 0.114. The summed E-state index contributed by atoms with van der Waals surface area (Å²) in [7, 11) is 0. The normalized spacial score (nSPS) is 11.6. The van der Waals surface area contributed by atoms with Crippen molar-refractivity contribution in [2.75, 3.05) is 0 Å².